The Hall–Kier alpha value is -6.44. The lowest BCUT2D eigenvalue weighted by Gasteiger charge is -2.22. The molecule has 0 aliphatic heterocycles. The highest BCUT2D eigenvalue weighted by atomic mass is 16.3. The molecular weight excluding hydrogens is 629 g/mol. The van der Waals surface area contributed by atoms with Gasteiger partial charge in [0.1, 0.15) is 11.2 Å². The number of benzene rings is 9. The number of rotatable bonds is 3. The highest BCUT2D eigenvalue weighted by Gasteiger charge is 2.36. The monoisotopic (exact) mass is 662 g/mol. The van der Waals surface area contributed by atoms with E-state index in [1.54, 1.807) is 0 Å². The van der Waals surface area contributed by atoms with E-state index in [2.05, 4.69) is 172 Å². The van der Waals surface area contributed by atoms with Crippen LogP contribution < -0.4 is 0 Å². The summed E-state index contributed by atoms with van der Waals surface area (Å²) >= 11 is 0. The van der Waals surface area contributed by atoms with E-state index in [0.29, 0.717) is 0 Å². The summed E-state index contributed by atoms with van der Waals surface area (Å²) in [5.41, 5.74) is 14.8. The molecule has 0 saturated heterocycles. The lowest BCUT2D eigenvalue weighted by Crippen LogP contribution is -2.15. The molecule has 1 aliphatic rings. The third-order valence-electron chi connectivity index (χ3n) is 11.7. The highest BCUT2D eigenvalue weighted by Crippen LogP contribution is 2.52. The average Bonchev–Trinajstić information content (AvgIpc) is 3.68. The van der Waals surface area contributed by atoms with Crippen molar-refractivity contribution in [3.63, 3.8) is 0 Å². The summed E-state index contributed by atoms with van der Waals surface area (Å²) in [6.07, 6.45) is 0. The molecule has 0 atom stereocenters. The number of hydrogen-bond donors (Lipinski definition) is 0. The van der Waals surface area contributed by atoms with Crippen molar-refractivity contribution >= 4 is 54.3 Å². The van der Waals surface area contributed by atoms with E-state index in [9.17, 15) is 0 Å². The Balaban J connectivity index is 1.05. The molecule has 10 aromatic rings. The summed E-state index contributed by atoms with van der Waals surface area (Å²) in [4.78, 5) is 0. The van der Waals surface area contributed by atoms with E-state index in [-0.39, 0.29) is 5.41 Å². The van der Waals surface area contributed by atoms with Crippen LogP contribution in [0.15, 0.2) is 174 Å². The molecule has 0 amide bonds. The minimum Gasteiger partial charge on any atom is -0.456 e. The Kier molecular flexibility index (Phi) is 6.08. The first-order valence-corrected chi connectivity index (χ1v) is 18.2. The summed E-state index contributed by atoms with van der Waals surface area (Å²) in [5, 5.41) is 9.94. The molecule has 0 fully saturated rings. The SMILES string of the molecule is CC1(C)c2cc(-c3ccc(-c4c5ccccc5c(-c5ccc6oc7ccccc7c6c5)c5ccccc45)cc3)ccc2-c2c1ccc1ccccc21. The fourth-order valence-electron chi connectivity index (χ4n) is 9.15. The van der Waals surface area contributed by atoms with Crippen molar-refractivity contribution in [2.24, 2.45) is 0 Å². The third kappa shape index (κ3) is 4.11. The second-order valence-corrected chi connectivity index (χ2v) is 14.8. The van der Waals surface area contributed by atoms with E-state index in [1.807, 2.05) is 12.1 Å². The number of para-hydroxylation sites is 1. The Morgan fingerprint density at radius 3 is 1.60 bits per heavy atom. The fraction of sp³-hybridized carbons (Fsp3) is 0.0588. The molecule has 11 rings (SSSR count). The van der Waals surface area contributed by atoms with Crippen LogP contribution in [0, 0.1) is 0 Å². The Bertz CT molecular complexity index is 3030. The second kappa shape index (κ2) is 10.8. The molecule has 9 aromatic carbocycles. The maximum Gasteiger partial charge on any atom is 0.135 e. The van der Waals surface area contributed by atoms with E-state index in [0.717, 1.165) is 21.9 Å². The number of furan rings is 1. The van der Waals surface area contributed by atoms with Crippen LogP contribution in [0.25, 0.3) is 98.8 Å². The van der Waals surface area contributed by atoms with Gasteiger partial charge in [0.05, 0.1) is 0 Å². The molecule has 0 radical (unpaired) electrons. The quantitative estimate of drug-likeness (QED) is 0.172. The standard InChI is InChI=1S/C51H34O/c1-51(2)44-27-24-32-11-3-4-12-36(32)50(44)42-26-23-34(30-45(42)51)31-19-21-33(22-20-31)48-38-14-5-7-16-40(38)49(41-17-8-6-15-39(41)48)35-25-28-47-43(29-35)37-13-9-10-18-46(37)52-47/h3-30H,1-2H3. The van der Waals surface area contributed by atoms with Gasteiger partial charge in [0.2, 0.25) is 0 Å². The van der Waals surface area contributed by atoms with Crippen LogP contribution in [-0.2, 0) is 5.41 Å². The van der Waals surface area contributed by atoms with Crippen molar-refractivity contribution in [1.82, 2.24) is 0 Å². The minimum absolute atomic E-state index is 0.0700. The molecule has 0 unspecified atom stereocenters. The molecule has 1 aliphatic carbocycles. The van der Waals surface area contributed by atoms with Crippen molar-refractivity contribution in [2.45, 2.75) is 19.3 Å². The van der Waals surface area contributed by atoms with Gasteiger partial charge in [-0.25, -0.2) is 0 Å². The van der Waals surface area contributed by atoms with Crippen LogP contribution in [0.1, 0.15) is 25.0 Å². The van der Waals surface area contributed by atoms with Gasteiger partial charge in [0, 0.05) is 16.2 Å². The third-order valence-corrected chi connectivity index (χ3v) is 11.7. The number of fused-ring (bicyclic) bond motifs is 10. The molecule has 0 bridgehead atoms. The molecule has 1 heterocycles. The van der Waals surface area contributed by atoms with Gasteiger partial charge in [0.15, 0.2) is 0 Å². The molecule has 52 heavy (non-hydrogen) atoms. The van der Waals surface area contributed by atoms with Gasteiger partial charge in [-0.15, -0.1) is 0 Å². The highest BCUT2D eigenvalue weighted by molar-refractivity contribution is 6.22. The fourth-order valence-corrected chi connectivity index (χ4v) is 9.15. The van der Waals surface area contributed by atoms with Gasteiger partial charge in [0.25, 0.3) is 0 Å². The summed E-state index contributed by atoms with van der Waals surface area (Å²) in [7, 11) is 0. The normalized spacial score (nSPS) is 13.3. The zero-order valence-electron chi connectivity index (χ0n) is 29.1. The van der Waals surface area contributed by atoms with Crippen molar-refractivity contribution in [3.8, 4) is 44.5 Å². The smallest absolute Gasteiger partial charge is 0.135 e. The Morgan fingerprint density at radius 2 is 0.885 bits per heavy atom. The van der Waals surface area contributed by atoms with Crippen molar-refractivity contribution < 1.29 is 4.42 Å². The van der Waals surface area contributed by atoms with Gasteiger partial charge >= 0.3 is 0 Å². The van der Waals surface area contributed by atoms with Crippen molar-refractivity contribution in [1.29, 1.82) is 0 Å². The Labute approximate surface area is 302 Å². The zero-order chi connectivity index (χ0) is 34.6. The van der Waals surface area contributed by atoms with Crippen LogP contribution in [0.2, 0.25) is 0 Å². The maximum atomic E-state index is 6.20. The number of hydrogen-bond acceptors (Lipinski definition) is 1. The average molecular weight is 663 g/mol. The predicted molar refractivity (Wildman–Crippen MR) is 220 cm³/mol. The molecule has 0 N–H and O–H groups in total. The summed E-state index contributed by atoms with van der Waals surface area (Å²) < 4.78 is 6.20. The molecule has 0 saturated carbocycles. The lowest BCUT2D eigenvalue weighted by atomic mass is 9.81. The van der Waals surface area contributed by atoms with Gasteiger partial charge in [-0.1, -0.05) is 159 Å². The van der Waals surface area contributed by atoms with E-state index < -0.39 is 0 Å². The molecule has 0 spiro atoms. The van der Waals surface area contributed by atoms with E-state index in [4.69, 9.17) is 4.42 Å². The van der Waals surface area contributed by atoms with E-state index >= 15 is 0 Å². The molecular formula is C51H34O. The van der Waals surface area contributed by atoms with Crippen LogP contribution in [0.3, 0.4) is 0 Å². The van der Waals surface area contributed by atoms with Crippen molar-refractivity contribution in [2.75, 3.05) is 0 Å². The van der Waals surface area contributed by atoms with Crippen LogP contribution >= 0.6 is 0 Å². The van der Waals surface area contributed by atoms with Gasteiger partial charge in [-0.3, -0.25) is 0 Å². The van der Waals surface area contributed by atoms with Crippen LogP contribution in [-0.4, -0.2) is 0 Å². The summed E-state index contributed by atoms with van der Waals surface area (Å²) in [6, 6.07) is 62.5. The first kappa shape index (κ1) is 29.3. The molecule has 1 nitrogen and oxygen atoms in total. The largest absolute Gasteiger partial charge is 0.456 e. The van der Waals surface area contributed by atoms with Crippen LogP contribution in [0.5, 0.6) is 0 Å². The van der Waals surface area contributed by atoms with Gasteiger partial charge in [-0.2, -0.15) is 0 Å². The second-order valence-electron chi connectivity index (χ2n) is 14.8. The van der Waals surface area contributed by atoms with E-state index in [1.165, 1.54) is 88.0 Å². The van der Waals surface area contributed by atoms with Gasteiger partial charge < -0.3 is 4.42 Å². The zero-order valence-corrected chi connectivity index (χ0v) is 29.1. The lowest BCUT2D eigenvalue weighted by molar-refractivity contribution is 0.661. The van der Waals surface area contributed by atoms with Crippen molar-refractivity contribution in [3.05, 3.63) is 181 Å². The summed E-state index contributed by atoms with van der Waals surface area (Å²) in [6.45, 7) is 4.74. The molecule has 1 aromatic heterocycles. The summed E-state index contributed by atoms with van der Waals surface area (Å²) in [5.74, 6) is 0. The first-order valence-electron chi connectivity index (χ1n) is 18.2. The molecule has 244 valence electrons. The van der Waals surface area contributed by atoms with Gasteiger partial charge in [-0.05, 0) is 112 Å². The minimum atomic E-state index is -0.0700. The van der Waals surface area contributed by atoms with Crippen LogP contribution in [0.4, 0.5) is 0 Å². The predicted octanol–water partition coefficient (Wildman–Crippen LogP) is 14.4. The first-order chi connectivity index (χ1) is 25.5. The Morgan fingerprint density at radius 1 is 0.346 bits per heavy atom. The molecule has 1 heteroatoms. The maximum absolute atomic E-state index is 6.20. The topological polar surface area (TPSA) is 13.1 Å².